The van der Waals surface area contributed by atoms with Crippen molar-refractivity contribution >= 4 is 0 Å². The minimum atomic E-state index is -0.366. The van der Waals surface area contributed by atoms with E-state index in [1.54, 1.807) is 7.11 Å². The van der Waals surface area contributed by atoms with E-state index in [1.165, 1.54) is 0 Å². The third-order valence-corrected chi connectivity index (χ3v) is 3.05. The maximum Gasteiger partial charge on any atom is 0.0900 e. The second-order valence-electron chi connectivity index (χ2n) is 4.45. The number of methoxy groups -OCH3 is 1. The highest BCUT2D eigenvalue weighted by atomic mass is 16.5. The predicted molar refractivity (Wildman–Crippen MR) is 78.6 cm³/mol. The number of rotatable bonds is 8. The third-order valence-electron chi connectivity index (χ3n) is 3.05. The molecule has 5 nitrogen and oxygen atoms in total. The Bertz CT molecular complexity index is 186. The summed E-state index contributed by atoms with van der Waals surface area (Å²) in [4.78, 5) is 4.70. The van der Waals surface area contributed by atoms with Crippen LogP contribution in [0.5, 0.6) is 0 Å². The standard InChI is InChI=1S/C12H26N2O3.C2H6/c1-3-17-9-8-13-4-6-14(7-5-13)10-12(15)11-16-2;1-2/h12,15H,3-11H2,1-2H3;1-2H3. The number of β-amino-alcohol motifs (C(OH)–C–C–N with tert-alkyl or cyclic N) is 1. The van der Waals surface area contributed by atoms with Gasteiger partial charge in [-0.05, 0) is 6.92 Å². The normalized spacial score (nSPS) is 18.8. The van der Waals surface area contributed by atoms with Crippen LogP contribution in [0.1, 0.15) is 20.8 Å². The lowest BCUT2D eigenvalue weighted by atomic mass is 10.2. The Morgan fingerprint density at radius 2 is 1.68 bits per heavy atom. The van der Waals surface area contributed by atoms with Crippen molar-refractivity contribution < 1.29 is 14.6 Å². The molecule has 0 aromatic rings. The lowest BCUT2D eigenvalue weighted by molar-refractivity contribution is 0.0197. The highest BCUT2D eigenvalue weighted by molar-refractivity contribution is 4.73. The number of aliphatic hydroxyl groups is 1. The Morgan fingerprint density at radius 3 is 2.21 bits per heavy atom. The zero-order chi connectivity index (χ0) is 14.5. The Kier molecular flexibility index (Phi) is 12.7. The summed E-state index contributed by atoms with van der Waals surface area (Å²) >= 11 is 0. The van der Waals surface area contributed by atoms with Crippen LogP contribution in [0, 0.1) is 0 Å². The van der Waals surface area contributed by atoms with Gasteiger partial charge < -0.3 is 14.6 Å². The largest absolute Gasteiger partial charge is 0.389 e. The molecule has 1 unspecified atom stereocenters. The molecule has 0 radical (unpaired) electrons. The molecule has 0 amide bonds. The summed E-state index contributed by atoms with van der Waals surface area (Å²) < 4.78 is 10.3. The summed E-state index contributed by atoms with van der Waals surface area (Å²) in [5, 5.41) is 9.64. The van der Waals surface area contributed by atoms with Crippen LogP contribution >= 0.6 is 0 Å². The first-order chi connectivity index (χ1) is 9.26. The van der Waals surface area contributed by atoms with Crippen molar-refractivity contribution in [3.8, 4) is 0 Å². The minimum Gasteiger partial charge on any atom is -0.389 e. The Labute approximate surface area is 118 Å². The molecule has 0 aromatic heterocycles. The first-order valence-electron chi connectivity index (χ1n) is 7.45. The van der Waals surface area contributed by atoms with Crippen molar-refractivity contribution in [2.45, 2.75) is 26.9 Å². The van der Waals surface area contributed by atoms with Crippen molar-refractivity contribution in [2.75, 3.05) is 66.2 Å². The molecule has 1 aliphatic heterocycles. The van der Waals surface area contributed by atoms with Gasteiger partial charge in [-0.1, -0.05) is 13.8 Å². The molecule has 5 heteroatoms. The average Bonchev–Trinajstić information content (AvgIpc) is 2.43. The number of hydrogen-bond donors (Lipinski definition) is 1. The molecule has 0 spiro atoms. The summed E-state index contributed by atoms with van der Waals surface area (Å²) in [6, 6.07) is 0. The maximum absolute atomic E-state index is 9.64. The van der Waals surface area contributed by atoms with Crippen LogP contribution in [0.2, 0.25) is 0 Å². The van der Waals surface area contributed by atoms with Gasteiger partial charge in [0.05, 0.1) is 19.3 Å². The van der Waals surface area contributed by atoms with Gasteiger partial charge in [-0.3, -0.25) is 9.80 Å². The molecule has 1 N–H and O–H groups in total. The second kappa shape index (κ2) is 12.8. The SMILES string of the molecule is CC.CCOCCN1CCN(CC(O)COC)CC1. The first kappa shape index (κ1) is 18.8. The van der Waals surface area contributed by atoms with Gasteiger partial charge in [-0.15, -0.1) is 0 Å². The van der Waals surface area contributed by atoms with Gasteiger partial charge >= 0.3 is 0 Å². The fourth-order valence-corrected chi connectivity index (χ4v) is 2.08. The van der Waals surface area contributed by atoms with E-state index in [2.05, 4.69) is 9.80 Å². The highest BCUT2D eigenvalue weighted by Gasteiger charge is 2.18. The van der Waals surface area contributed by atoms with E-state index in [0.29, 0.717) is 13.2 Å². The van der Waals surface area contributed by atoms with Crippen LogP contribution in [0.4, 0.5) is 0 Å². The summed E-state index contributed by atoms with van der Waals surface area (Å²) in [6.45, 7) is 14.0. The van der Waals surface area contributed by atoms with Gasteiger partial charge in [0.15, 0.2) is 0 Å². The van der Waals surface area contributed by atoms with Crippen LogP contribution in [0.3, 0.4) is 0 Å². The molecular formula is C14H32N2O3. The number of hydrogen-bond acceptors (Lipinski definition) is 5. The Hall–Kier alpha value is -0.200. The van der Waals surface area contributed by atoms with Crippen molar-refractivity contribution in [2.24, 2.45) is 0 Å². The zero-order valence-corrected chi connectivity index (χ0v) is 13.1. The van der Waals surface area contributed by atoms with E-state index in [4.69, 9.17) is 9.47 Å². The molecule has 0 aliphatic carbocycles. The number of ether oxygens (including phenoxy) is 2. The smallest absolute Gasteiger partial charge is 0.0900 e. The number of piperazine rings is 1. The van der Waals surface area contributed by atoms with Gasteiger partial charge in [-0.2, -0.15) is 0 Å². The number of nitrogens with zero attached hydrogens (tertiary/aromatic N) is 2. The Balaban J connectivity index is 0.00000154. The van der Waals surface area contributed by atoms with E-state index < -0.39 is 0 Å². The van der Waals surface area contributed by atoms with Crippen LogP contribution in [-0.2, 0) is 9.47 Å². The average molecular weight is 276 g/mol. The fourth-order valence-electron chi connectivity index (χ4n) is 2.08. The van der Waals surface area contributed by atoms with Crippen molar-refractivity contribution in [3.05, 3.63) is 0 Å². The van der Waals surface area contributed by atoms with Crippen molar-refractivity contribution in [3.63, 3.8) is 0 Å². The van der Waals surface area contributed by atoms with E-state index in [1.807, 2.05) is 20.8 Å². The quantitative estimate of drug-likeness (QED) is 0.660. The van der Waals surface area contributed by atoms with E-state index >= 15 is 0 Å². The van der Waals surface area contributed by atoms with Crippen LogP contribution < -0.4 is 0 Å². The lowest BCUT2D eigenvalue weighted by Gasteiger charge is -2.35. The molecule has 1 fully saturated rings. The molecule has 1 aliphatic rings. The molecule has 0 aromatic carbocycles. The van der Waals surface area contributed by atoms with Crippen LogP contribution in [-0.4, -0.2) is 87.2 Å². The zero-order valence-electron chi connectivity index (χ0n) is 13.1. The molecular weight excluding hydrogens is 244 g/mol. The van der Waals surface area contributed by atoms with Crippen molar-refractivity contribution in [1.29, 1.82) is 0 Å². The monoisotopic (exact) mass is 276 g/mol. The fraction of sp³-hybridized carbons (Fsp3) is 1.00. The van der Waals surface area contributed by atoms with E-state index in [0.717, 1.165) is 45.9 Å². The molecule has 0 saturated carbocycles. The van der Waals surface area contributed by atoms with Crippen LogP contribution in [0.15, 0.2) is 0 Å². The van der Waals surface area contributed by atoms with Crippen molar-refractivity contribution in [1.82, 2.24) is 9.80 Å². The van der Waals surface area contributed by atoms with E-state index in [-0.39, 0.29) is 6.10 Å². The molecule has 1 rings (SSSR count). The third kappa shape index (κ3) is 9.35. The molecule has 0 bridgehead atoms. The lowest BCUT2D eigenvalue weighted by Crippen LogP contribution is -2.49. The molecule has 1 atom stereocenters. The number of aliphatic hydroxyl groups excluding tert-OH is 1. The van der Waals surface area contributed by atoms with Crippen LogP contribution in [0.25, 0.3) is 0 Å². The van der Waals surface area contributed by atoms with Gasteiger partial charge in [0, 0.05) is 53.0 Å². The molecule has 19 heavy (non-hydrogen) atoms. The Morgan fingerprint density at radius 1 is 1.11 bits per heavy atom. The highest BCUT2D eigenvalue weighted by Crippen LogP contribution is 2.02. The van der Waals surface area contributed by atoms with Gasteiger partial charge in [0.2, 0.25) is 0 Å². The summed E-state index contributed by atoms with van der Waals surface area (Å²) in [5.41, 5.74) is 0. The first-order valence-corrected chi connectivity index (χ1v) is 7.45. The summed E-state index contributed by atoms with van der Waals surface area (Å²) in [5.74, 6) is 0. The molecule has 1 heterocycles. The minimum absolute atomic E-state index is 0.366. The van der Waals surface area contributed by atoms with E-state index in [9.17, 15) is 5.11 Å². The maximum atomic E-state index is 9.64. The van der Waals surface area contributed by atoms with Gasteiger partial charge in [-0.25, -0.2) is 0 Å². The molecule has 1 saturated heterocycles. The predicted octanol–water partition coefficient (Wildman–Crippen LogP) is 0.674. The second-order valence-corrected chi connectivity index (χ2v) is 4.45. The van der Waals surface area contributed by atoms with Gasteiger partial charge in [0.25, 0.3) is 0 Å². The molecule has 116 valence electrons. The summed E-state index contributed by atoms with van der Waals surface area (Å²) in [6.07, 6.45) is -0.366. The topological polar surface area (TPSA) is 45.2 Å². The van der Waals surface area contributed by atoms with Gasteiger partial charge in [0.1, 0.15) is 0 Å². The summed E-state index contributed by atoms with van der Waals surface area (Å²) in [7, 11) is 1.62.